The van der Waals surface area contributed by atoms with Crippen molar-refractivity contribution in [2.75, 3.05) is 23.3 Å². The highest BCUT2D eigenvalue weighted by molar-refractivity contribution is 5.91. The van der Waals surface area contributed by atoms with E-state index in [0.29, 0.717) is 0 Å². The van der Waals surface area contributed by atoms with Crippen molar-refractivity contribution in [2.45, 2.75) is 46.5 Å². The number of carbonyl (C=O) groups excluding carboxylic acids is 1. The zero-order valence-electron chi connectivity index (χ0n) is 13.9. The molecule has 4 nitrogen and oxygen atoms in total. The maximum Gasteiger partial charge on any atom is 0.323 e. The molecule has 2 rings (SSSR count). The second kappa shape index (κ2) is 7.87. The number of carbonyl (C=O) groups is 1. The summed E-state index contributed by atoms with van der Waals surface area (Å²) in [5, 5.41) is 5.76. The van der Waals surface area contributed by atoms with Crippen LogP contribution in [0.25, 0.3) is 0 Å². The van der Waals surface area contributed by atoms with E-state index in [9.17, 15) is 4.79 Å². The Morgan fingerprint density at radius 3 is 2.50 bits per heavy atom. The standard InChI is InChI=1S/C18H27N3O/c1-4-21(5-2)16-10-11-17(14(3)12-16)20-18(22)19-13-15-8-6-7-9-15/h10-13H,4-9H2,1-3H3,(H2,19,20,22). The average Bonchev–Trinajstić information content (AvgIpc) is 3.02. The summed E-state index contributed by atoms with van der Waals surface area (Å²) in [7, 11) is 0. The molecule has 0 bridgehead atoms. The first-order chi connectivity index (χ1) is 10.6. The summed E-state index contributed by atoms with van der Waals surface area (Å²) in [5.41, 5.74) is 4.47. The molecule has 0 atom stereocenters. The molecule has 0 unspecified atom stereocenters. The number of aryl methyl sites for hydroxylation is 1. The fourth-order valence-corrected chi connectivity index (χ4v) is 2.87. The van der Waals surface area contributed by atoms with Crippen molar-refractivity contribution >= 4 is 17.4 Å². The lowest BCUT2D eigenvalue weighted by molar-refractivity contribution is 0.255. The summed E-state index contributed by atoms with van der Waals surface area (Å²) in [5.74, 6) is 0. The molecule has 1 saturated carbocycles. The Labute approximate surface area is 133 Å². The lowest BCUT2D eigenvalue weighted by Crippen LogP contribution is -2.25. The van der Waals surface area contributed by atoms with Crippen LogP contribution in [0.2, 0.25) is 0 Å². The van der Waals surface area contributed by atoms with E-state index in [-0.39, 0.29) is 6.03 Å². The summed E-state index contributed by atoms with van der Waals surface area (Å²) in [6, 6.07) is 5.99. The highest BCUT2D eigenvalue weighted by atomic mass is 16.2. The molecule has 1 aromatic rings. The van der Waals surface area contributed by atoms with Crippen molar-refractivity contribution < 1.29 is 4.79 Å². The number of hydrogen-bond donors (Lipinski definition) is 2. The van der Waals surface area contributed by atoms with Crippen LogP contribution < -0.4 is 15.5 Å². The summed E-state index contributed by atoms with van der Waals surface area (Å²) >= 11 is 0. The second-order valence-corrected chi connectivity index (χ2v) is 5.78. The number of nitrogens with zero attached hydrogens (tertiary/aromatic N) is 1. The van der Waals surface area contributed by atoms with Gasteiger partial charge in [-0.25, -0.2) is 4.79 Å². The molecule has 1 aliphatic carbocycles. The molecule has 0 saturated heterocycles. The molecule has 1 aromatic carbocycles. The molecule has 0 aromatic heterocycles. The summed E-state index contributed by atoms with van der Waals surface area (Å²) < 4.78 is 0. The van der Waals surface area contributed by atoms with E-state index in [1.165, 1.54) is 24.1 Å². The number of hydrogen-bond acceptors (Lipinski definition) is 2. The number of benzene rings is 1. The van der Waals surface area contributed by atoms with Crippen molar-refractivity contribution in [2.24, 2.45) is 0 Å². The van der Waals surface area contributed by atoms with Crippen LogP contribution in [-0.4, -0.2) is 19.1 Å². The molecule has 1 aliphatic rings. The Balaban J connectivity index is 1.97. The van der Waals surface area contributed by atoms with Gasteiger partial charge in [0.2, 0.25) is 0 Å². The van der Waals surface area contributed by atoms with Crippen LogP contribution in [0.15, 0.2) is 30.0 Å². The normalized spacial score (nSPS) is 13.9. The zero-order valence-corrected chi connectivity index (χ0v) is 13.9. The van der Waals surface area contributed by atoms with E-state index in [4.69, 9.17) is 0 Å². The topological polar surface area (TPSA) is 44.4 Å². The van der Waals surface area contributed by atoms with Gasteiger partial charge in [0.25, 0.3) is 0 Å². The third-order valence-electron chi connectivity index (χ3n) is 4.24. The maximum atomic E-state index is 12.0. The number of nitrogens with one attached hydrogen (secondary N) is 2. The molecule has 0 aliphatic heterocycles. The monoisotopic (exact) mass is 301 g/mol. The van der Waals surface area contributed by atoms with E-state index in [1.54, 1.807) is 0 Å². The van der Waals surface area contributed by atoms with Gasteiger partial charge >= 0.3 is 6.03 Å². The second-order valence-electron chi connectivity index (χ2n) is 5.78. The number of amides is 2. The maximum absolute atomic E-state index is 12.0. The van der Waals surface area contributed by atoms with Crippen molar-refractivity contribution in [3.63, 3.8) is 0 Å². The van der Waals surface area contributed by atoms with Crippen molar-refractivity contribution in [3.05, 3.63) is 35.5 Å². The zero-order chi connectivity index (χ0) is 15.9. The molecule has 0 spiro atoms. The predicted octanol–water partition coefficient (Wildman–Crippen LogP) is 4.42. The van der Waals surface area contributed by atoms with Gasteiger partial charge in [-0.3, -0.25) is 0 Å². The molecule has 1 fully saturated rings. The first-order valence-corrected chi connectivity index (χ1v) is 8.25. The minimum atomic E-state index is -0.168. The van der Waals surface area contributed by atoms with Crippen LogP contribution in [-0.2, 0) is 0 Å². The smallest absolute Gasteiger partial charge is 0.323 e. The van der Waals surface area contributed by atoms with Crippen molar-refractivity contribution in [3.8, 4) is 0 Å². The first-order valence-electron chi connectivity index (χ1n) is 8.25. The average molecular weight is 301 g/mol. The molecule has 0 radical (unpaired) electrons. The summed E-state index contributed by atoms with van der Waals surface area (Å²) in [4.78, 5) is 14.3. The quantitative estimate of drug-likeness (QED) is 0.845. The van der Waals surface area contributed by atoms with Crippen LogP contribution >= 0.6 is 0 Å². The Kier molecular flexibility index (Phi) is 5.87. The van der Waals surface area contributed by atoms with Gasteiger partial charge in [0.1, 0.15) is 0 Å². The van der Waals surface area contributed by atoms with Gasteiger partial charge in [-0.15, -0.1) is 0 Å². The number of rotatable bonds is 5. The van der Waals surface area contributed by atoms with Gasteiger partial charge in [0.05, 0.1) is 0 Å². The molecule has 0 heterocycles. The van der Waals surface area contributed by atoms with Gasteiger partial charge in [-0.05, 0) is 70.2 Å². The van der Waals surface area contributed by atoms with Crippen molar-refractivity contribution in [1.29, 1.82) is 0 Å². The van der Waals surface area contributed by atoms with E-state index in [1.807, 2.05) is 19.2 Å². The number of anilines is 2. The fraction of sp³-hybridized carbons (Fsp3) is 0.500. The Hall–Kier alpha value is -1.97. The van der Waals surface area contributed by atoms with E-state index in [0.717, 1.165) is 37.2 Å². The van der Waals surface area contributed by atoms with Crippen LogP contribution in [0.3, 0.4) is 0 Å². The molecule has 22 heavy (non-hydrogen) atoms. The largest absolute Gasteiger partial charge is 0.372 e. The highest BCUT2D eigenvalue weighted by Gasteiger charge is 2.09. The molecule has 120 valence electrons. The van der Waals surface area contributed by atoms with Crippen molar-refractivity contribution in [1.82, 2.24) is 5.32 Å². The first kappa shape index (κ1) is 16.4. The lowest BCUT2D eigenvalue weighted by Gasteiger charge is -2.22. The van der Waals surface area contributed by atoms with Crippen LogP contribution in [0, 0.1) is 6.92 Å². The van der Waals surface area contributed by atoms with Crippen LogP contribution in [0.1, 0.15) is 45.1 Å². The van der Waals surface area contributed by atoms with Gasteiger partial charge in [0, 0.05) is 30.7 Å². The van der Waals surface area contributed by atoms with E-state index in [2.05, 4.69) is 41.5 Å². The summed E-state index contributed by atoms with van der Waals surface area (Å²) in [6.45, 7) is 8.29. The minimum Gasteiger partial charge on any atom is -0.372 e. The number of allylic oxidation sites excluding steroid dienone is 1. The highest BCUT2D eigenvalue weighted by Crippen LogP contribution is 2.24. The van der Waals surface area contributed by atoms with Gasteiger partial charge in [0.15, 0.2) is 0 Å². The van der Waals surface area contributed by atoms with E-state index < -0.39 is 0 Å². The molecule has 2 N–H and O–H groups in total. The van der Waals surface area contributed by atoms with Crippen LogP contribution in [0.5, 0.6) is 0 Å². The van der Waals surface area contributed by atoms with Gasteiger partial charge in [-0.1, -0.05) is 5.57 Å². The Morgan fingerprint density at radius 1 is 1.23 bits per heavy atom. The van der Waals surface area contributed by atoms with Crippen LogP contribution in [0.4, 0.5) is 16.2 Å². The minimum absolute atomic E-state index is 0.168. The summed E-state index contributed by atoms with van der Waals surface area (Å²) in [6.07, 6.45) is 6.56. The lowest BCUT2D eigenvalue weighted by atomic mass is 10.1. The molecule has 4 heteroatoms. The fourth-order valence-electron chi connectivity index (χ4n) is 2.87. The molecular formula is C18H27N3O. The number of urea groups is 1. The predicted molar refractivity (Wildman–Crippen MR) is 93.4 cm³/mol. The third kappa shape index (κ3) is 4.26. The SMILES string of the molecule is CCN(CC)c1ccc(NC(=O)NC=C2CCCC2)c(C)c1. The van der Waals surface area contributed by atoms with E-state index >= 15 is 0 Å². The van der Waals surface area contributed by atoms with Gasteiger partial charge in [-0.2, -0.15) is 0 Å². The Morgan fingerprint density at radius 2 is 1.91 bits per heavy atom. The Bertz CT molecular complexity index is 539. The molecule has 2 amide bonds. The van der Waals surface area contributed by atoms with Gasteiger partial charge < -0.3 is 15.5 Å². The molecular weight excluding hydrogens is 274 g/mol. The third-order valence-corrected chi connectivity index (χ3v) is 4.24.